The molecule has 0 aliphatic heterocycles. The average molecular weight is 362 g/mol. The number of methoxy groups -OCH3 is 1. The molecule has 0 aliphatic rings. The minimum absolute atomic E-state index is 0.0531. The maximum atomic E-state index is 12.0. The summed E-state index contributed by atoms with van der Waals surface area (Å²) in [5.41, 5.74) is 1.21. The number of ketones is 1. The van der Waals surface area contributed by atoms with Crippen LogP contribution in [0.3, 0.4) is 0 Å². The third-order valence-corrected chi connectivity index (χ3v) is 3.66. The van der Waals surface area contributed by atoms with Gasteiger partial charge in [0.25, 0.3) is 0 Å². The average Bonchev–Trinajstić information content (AvgIpc) is 2.54. The molecule has 1 N–H and O–H groups in total. The molecule has 4 nitrogen and oxygen atoms in total. The van der Waals surface area contributed by atoms with Crippen molar-refractivity contribution < 1.29 is 14.3 Å². The molecule has 0 aliphatic carbocycles. The van der Waals surface area contributed by atoms with Crippen LogP contribution in [0.15, 0.2) is 53.0 Å². The quantitative estimate of drug-likeness (QED) is 0.789. The number of rotatable bonds is 6. The summed E-state index contributed by atoms with van der Waals surface area (Å²) in [6.07, 6.45) is 0.301. The van der Waals surface area contributed by atoms with Crippen molar-refractivity contribution in [2.45, 2.75) is 12.8 Å². The first-order valence-corrected chi connectivity index (χ1v) is 7.61. The van der Waals surface area contributed by atoms with Crippen molar-refractivity contribution in [3.63, 3.8) is 0 Å². The predicted octanol–water partition coefficient (Wildman–Crippen LogP) is 4.06. The molecule has 0 atom stereocenters. The predicted molar refractivity (Wildman–Crippen MR) is 89.3 cm³/mol. The lowest BCUT2D eigenvalue weighted by atomic mass is 10.1. The number of hydrogen-bond acceptors (Lipinski definition) is 3. The smallest absolute Gasteiger partial charge is 0.224 e. The van der Waals surface area contributed by atoms with Crippen LogP contribution in [0.5, 0.6) is 5.75 Å². The van der Waals surface area contributed by atoms with Crippen molar-refractivity contribution in [3.8, 4) is 5.75 Å². The Labute approximate surface area is 137 Å². The van der Waals surface area contributed by atoms with Gasteiger partial charge in [-0.2, -0.15) is 0 Å². The zero-order valence-electron chi connectivity index (χ0n) is 12.1. The summed E-state index contributed by atoms with van der Waals surface area (Å²) in [7, 11) is 1.54. The summed E-state index contributed by atoms with van der Waals surface area (Å²) >= 11 is 3.32. The van der Waals surface area contributed by atoms with Crippen LogP contribution in [0.1, 0.15) is 23.2 Å². The summed E-state index contributed by atoms with van der Waals surface area (Å²) in [5, 5.41) is 2.75. The van der Waals surface area contributed by atoms with E-state index in [4.69, 9.17) is 4.74 Å². The van der Waals surface area contributed by atoms with Gasteiger partial charge in [-0.1, -0.05) is 40.2 Å². The van der Waals surface area contributed by atoms with Crippen LogP contribution < -0.4 is 10.1 Å². The number of para-hydroxylation sites is 2. The van der Waals surface area contributed by atoms with Crippen molar-refractivity contribution in [3.05, 3.63) is 58.6 Å². The second-order valence-electron chi connectivity index (χ2n) is 4.68. The number of carbonyl (C=O) groups is 2. The zero-order chi connectivity index (χ0) is 15.9. The molecule has 0 radical (unpaired) electrons. The number of amides is 1. The molecule has 0 fully saturated rings. The Morgan fingerprint density at radius 1 is 1.05 bits per heavy atom. The summed E-state index contributed by atoms with van der Waals surface area (Å²) < 4.78 is 6.08. The SMILES string of the molecule is COc1ccccc1NC(=O)CCC(=O)c1ccc(Br)cc1. The molecule has 0 unspecified atom stereocenters. The first kappa shape index (κ1) is 16.2. The lowest BCUT2D eigenvalue weighted by Gasteiger charge is -2.09. The van der Waals surface area contributed by atoms with Crippen molar-refractivity contribution in [1.29, 1.82) is 0 Å². The number of anilines is 1. The Kier molecular flexibility index (Phi) is 5.72. The molecule has 1 amide bonds. The van der Waals surface area contributed by atoms with Crippen LogP contribution in [-0.2, 0) is 4.79 Å². The molecule has 0 aromatic heterocycles. The number of ether oxygens (including phenoxy) is 1. The Balaban J connectivity index is 1.90. The largest absolute Gasteiger partial charge is 0.495 e. The molecule has 0 heterocycles. The minimum Gasteiger partial charge on any atom is -0.495 e. The van der Waals surface area contributed by atoms with Gasteiger partial charge in [0, 0.05) is 22.9 Å². The first-order chi connectivity index (χ1) is 10.6. The Hall–Kier alpha value is -2.14. The highest BCUT2D eigenvalue weighted by molar-refractivity contribution is 9.10. The van der Waals surface area contributed by atoms with Crippen LogP contribution in [0.4, 0.5) is 5.69 Å². The number of halogens is 1. The Morgan fingerprint density at radius 2 is 1.73 bits per heavy atom. The van der Waals surface area contributed by atoms with Gasteiger partial charge in [0.15, 0.2) is 5.78 Å². The molecule has 2 aromatic rings. The summed E-state index contributed by atoms with van der Waals surface area (Å²) in [4.78, 5) is 24.0. The summed E-state index contributed by atoms with van der Waals surface area (Å²) in [6.45, 7) is 0. The van der Waals surface area contributed by atoms with Gasteiger partial charge in [0.05, 0.1) is 12.8 Å². The lowest BCUT2D eigenvalue weighted by molar-refractivity contribution is -0.116. The standard InChI is InChI=1S/C17H16BrNO3/c1-22-16-5-3-2-4-14(16)19-17(21)11-10-15(20)12-6-8-13(18)9-7-12/h2-9H,10-11H2,1H3,(H,19,21). The highest BCUT2D eigenvalue weighted by Gasteiger charge is 2.11. The number of carbonyl (C=O) groups excluding carboxylic acids is 2. The highest BCUT2D eigenvalue weighted by Crippen LogP contribution is 2.23. The maximum Gasteiger partial charge on any atom is 0.224 e. The van der Waals surface area contributed by atoms with Crippen LogP contribution in [0.2, 0.25) is 0 Å². The van der Waals surface area contributed by atoms with Crippen LogP contribution in [0, 0.1) is 0 Å². The van der Waals surface area contributed by atoms with Gasteiger partial charge in [-0.05, 0) is 24.3 Å². The number of Topliss-reactive ketones (excluding diaryl/α,β-unsaturated/α-hetero) is 1. The topological polar surface area (TPSA) is 55.4 Å². The molecule has 0 saturated carbocycles. The van der Waals surface area contributed by atoms with Gasteiger partial charge in [-0.3, -0.25) is 9.59 Å². The monoisotopic (exact) mass is 361 g/mol. The van der Waals surface area contributed by atoms with Crippen molar-refractivity contribution in [2.75, 3.05) is 12.4 Å². The van der Waals surface area contributed by atoms with E-state index in [1.165, 1.54) is 0 Å². The van der Waals surface area contributed by atoms with E-state index < -0.39 is 0 Å². The number of benzene rings is 2. The fraction of sp³-hybridized carbons (Fsp3) is 0.176. The third kappa shape index (κ3) is 4.43. The van der Waals surface area contributed by atoms with Gasteiger partial charge in [-0.25, -0.2) is 0 Å². The normalized spacial score (nSPS) is 10.1. The van der Waals surface area contributed by atoms with E-state index in [0.717, 1.165) is 4.47 Å². The second-order valence-corrected chi connectivity index (χ2v) is 5.59. The number of hydrogen-bond donors (Lipinski definition) is 1. The van der Waals surface area contributed by atoms with Gasteiger partial charge >= 0.3 is 0 Å². The Bertz CT molecular complexity index is 668. The van der Waals surface area contributed by atoms with E-state index in [1.54, 1.807) is 31.4 Å². The van der Waals surface area contributed by atoms with Crippen LogP contribution in [0.25, 0.3) is 0 Å². The third-order valence-electron chi connectivity index (χ3n) is 3.13. The molecule has 114 valence electrons. The molecule has 2 rings (SSSR count). The van der Waals surface area contributed by atoms with Gasteiger partial charge in [-0.15, -0.1) is 0 Å². The molecule has 2 aromatic carbocycles. The molecular formula is C17H16BrNO3. The summed E-state index contributed by atoms with van der Waals surface area (Å²) in [6, 6.07) is 14.3. The second kappa shape index (κ2) is 7.75. The molecular weight excluding hydrogens is 346 g/mol. The molecule has 0 bridgehead atoms. The number of nitrogens with one attached hydrogen (secondary N) is 1. The van der Waals surface area contributed by atoms with E-state index in [0.29, 0.717) is 17.0 Å². The van der Waals surface area contributed by atoms with Gasteiger partial charge < -0.3 is 10.1 Å². The van der Waals surface area contributed by atoms with E-state index in [2.05, 4.69) is 21.2 Å². The molecule has 5 heteroatoms. The first-order valence-electron chi connectivity index (χ1n) is 6.82. The molecule has 22 heavy (non-hydrogen) atoms. The maximum absolute atomic E-state index is 12.0. The van der Waals surface area contributed by atoms with Crippen molar-refractivity contribution in [1.82, 2.24) is 0 Å². The fourth-order valence-electron chi connectivity index (χ4n) is 1.97. The Morgan fingerprint density at radius 3 is 2.41 bits per heavy atom. The van der Waals surface area contributed by atoms with Crippen molar-refractivity contribution in [2.24, 2.45) is 0 Å². The van der Waals surface area contributed by atoms with Gasteiger partial charge in [0.1, 0.15) is 5.75 Å². The van der Waals surface area contributed by atoms with Crippen molar-refractivity contribution >= 4 is 33.3 Å². The summed E-state index contributed by atoms with van der Waals surface area (Å²) in [5.74, 6) is 0.327. The fourth-order valence-corrected chi connectivity index (χ4v) is 2.23. The molecule has 0 spiro atoms. The highest BCUT2D eigenvalue weighted by atomic mass is 79.9. The van der Waals surface area contributed by atoms with Gasteiger partial charge in [0.2, 0.25) is 5.91 Å². The van der Waals surface area contributed by atoms with E-state index in [-0.39, 0.29) is 24.5 Å². The minimum atomic E-state index is -0.213. The zero-order valence-corrected chi connectivity index (χ0v) is 13.7. The van der Waals surface area contributed by atoms with E-state index in [1.807, 2.05) is 24.3 Å². The van der Waals surface area contributed by atoms with E-state index >= 15 is 0 Å². The molecule has 0 saturated heterocycles. The van der Waals surface area contributed by atoms with E-state index in [9.17, 15) is 9.59 Å². The van der Waals surface area contributed by atoms with Crippen LogP contribution >= 0.6 is 15.9 Å². The lowest BCUT2D eigenvalue weighted by Crippen LogP contribution is -2.14. The van der Waals surface area contributed by atoms with Crippen LogP contribution in [-0.4, -0.2) is 18.8 Å².